The molecule has 0 saturated carbocycles. The Bertz CT molecular complexity index is 878. The first-order valence-corrected chi connectivity index (χ1v) is 9.01. The highest BCUT2D eigenvalue weighted by atomic mass is 16.6. The molecule has 8 nitrogen and oxygen atoms in total. The number of methoxy groups -OCH3 is 1. The first-order valence-electron chi connectivity index (χ1n) is 9.01. The lowest BCUT2D eigenvalue weighted by Gasteiger charge is -2.09. The van der Waals surface area contributed by atoms with Crippen molar-refractivity contribution < 1.29 is 23.9 Å². The number of nitrogens with zero attached hydrogens (tertiary/aromatic N) is 1. The molecule has 2 aromatic rings. The smallest absolute Gasteiger partial charge is 0.343 e. The number of carbonyl (C=O) groups is 3. The maximum atomic E-state index is 12.0. The fourth-order valence-corrected chi connectivity index (χ4v) is 2.36. The van der Waals surface area contributed by atoms with Gasteiger partial charge < -0.3 is 14.8 Å². The summed E-state index contributed by atoms with van der Waals surface area (Å²) in [7, 11) is 1.29. The van der Waals surface area contributed by atoms with Crippen LogP contribution in [0.1, 0.15) is 24.5 Å². The summed E-state index contributed by atoms with van der Waals surface area (Å²) >= 11 is 0. The lowest BCUT2D eigenvalue weighted by atomic mass is 10.1. The summed E-state index contributed by atoms with van der Waals surface area (Å²) in [6.45, 7) is 1.81. The number of hydrazone groups is 1. The van der Waals surface area contributed by atoms with Crippen LogP contribution < -0.4 is 15.5 Å². The Hall–Kier alpha value is -3.68. The van der Waals surface area contributed by atoms with Gasteiger partial charge in [0.15, 0.2) is 6.61 Å². The number of amides is 2. The van der Waals surface area contributed by atoms with Crippen molar-refractivity contribution in [1.29, 1.82) is 0 Å². The van der Waals surface area contributed by atoms with Crippen molar-refractivity contribution in [2.24, 2.45) is 5.10 Å². The quantitative estimate of drug-likeness (QED) is 0.292. The molecule has 152 valence electrons. The minimum absolute atomic E-state index is 0.176. The zero-order valence-corrected chi connectivity index (χ0v) is 16.3. The normalized spacial score (nSPS) is 10.4. The number of hydrogen-bond acceptors (Lipinski definition) is 6. The highest BCUT2D eigenvalue weighted by Gasteiger charge is 2.10. The summed E-state index contributed by atoms with van der Waals surface area (Å²) in [4.78, 5) is 34.9. The van der Waals surface area contributed by atoms with Crippen LogP contribution in [-0.2, 0) is 25.5 Å². The van der Waals surface area contributed by atoms with Crippen molar-refractivity contribution in [3.05, 3.63) is 59.7 Å². The topological polar surface area (TPSA) is 106 Å². The van der Waals surface area contributed by atoms with Gasteiger partial charge in [0.2, 0.25) is 11.8 Å². The lowest BCUT2D eigenvalue weighted by molar-refractivity contribution is -0.143. The lowest BCUT2D eigenvalue weighted by Crippen LogP contribution is -2.25. The van der Waals surface area contributed by atoms with Gasteiger partial charge in [0.25, 0.3) is 0 Å². The van der Waals surface area contributed by atoms with Crippen molar-refractivity contribution in [3.8, 4) is 5.75 Å². The van der Waals surface area contributed by atoms with E-state index in [0.29, 0.717) is 17.0 Å². The van der Waals surface area contributed by atoms with Crippen molar-refractivity contribution in [1.82, 2.24) is 5.43 Å². The summed E-state index contributed by atoms with van der Waals surface area (Å²) in [5, 5.41) is 6.57. The molecule has 0 aliphatic rings. The second-order valence-corrected chi connectivity index (χ2v) is 5.96. The minimum atomic E-state index is -0.522. The predicted molar refractivity (Wildman–Crippen MR) is 109 cm³/mol. The van der Waals surface area contributed by atoms with E-state index in [1.807, 2.05) is 25.1 Å². The van der Waals surface area contributed by atoms with Crippen molar-refractivity contribution >= 4 is 29.7 Å². The molecule has 29 heavy (non-hydrogen) atoms. The van der Waals surface area contributed by atoms with E-state index >= 15 is 0 Å². The zero-order chi connectivity index (χ0) is 21.1. The third-order valence-electron chi connectivity index (χ3n) is 3.86. The molecule has 2 N–H and O–H groups in total. The van der Waals surface area contributed by atoms with E-state index < -0.39 is 17.8 Å². The molecule has 0 unspecified atom stereocenters. The molecular formula is C21H23N3O5. The number of nitrogens with one attached hydrogen (secondary N) is 2. The number of rotatable bonds is 9. The fraction of sp³-hybridized carbons (Fsp3) is 0.238. The maximum absolute atomic E-state index is 12.0. The summed E-state index contributed by atoms with van der Waals surface area (Å²) in [6, 6.07) is 14.2. The third kappa shape index (κ3) is 7.45. The number of ether oxygens (including phenoxy) is 2. The molecule has 0 aliphatic carbocycles. The van der Waals surface area contributed by atoms with Gasteiger partial charge in [0.05, 0.1) is 13.3 Å². The van der Waals surface area contributed by atoms with Crippen LogP contribution in [0.15, 0.2) is 53.6 Å². The van der Waals surface area contributed by atoms with Crippen molar-refractivity contribution in [2.45, 2.75) is 19.8 Å². The molecule has 0 fully saturated rings. The standard InChI is InChI=1S/C21H23N3O5/c1-3-16-6-4-5-7-18(16)23-19(25)12-20(26)24-22-13-15-8-10-17(11-9-15)29-14-21(27)28-2/h4-11,13H,3,12,14H2,1-2H3,(H,23,25)(H,24,26). The molecule has 0 heterocycles. The number of para-hydroxylation sites is 1. The van der Waals surface area contributed by atoms with Gasteiger partial charge in [-0.05, 0) is 47.9 Å². The molecule has 0 bridgehead atoms. The van der Waals surface area contributed by atoms with Crippen LogP contribution in [0.25, 0.3) is 0 Å². The van der Waals surface area contributed by atoms with Gasteiger partial charge in [-0.25, -0.2) is 10.2 Å². The largest absolute Gasteiger partial charge is 0.482 e. The summed E-state index contributed by atoms with van der Waals surface area (Å²) < 4.78 is 9.72. The van der Waals surface area contributed by atoms with Crippen LogP contribution in [0, 0.1) is 0 Å². The molecule has 0 saturated heterocycles. The SMILES string of the molecule is CCc1ccccc1NC(=O)CC(=O)NN=Cc1ccc(OCC(=O)OC)cc1. The Labute approximate surface area is 168 Å². The molecule has 0 aromatic heterocycles. The Balaban J connectivity index is 1.78. The van der Waals surface area contributed by atoms with Gasteiger partial charge >= 0.3 is 5.97 Å². The van der Waals surface area contributed by atoms with Crippen LogP contribution in [0.2, 0.25) is 0 Å². The number of anilines is 1. The van der Waals surface area contributed by atoms with Gasteiger partial charge in [-0.1, -0.05) is 25.1 Å². The fourth-order valence-electron chi connectivity index (χ4n) is 2.36. The van der Waals surface area contributed by atoms with Gasteiger partial charge in [-0.2, -0.15) is 5.10 Å². The monoisotopic (exact) mass is 397 g/mol. The van der Waals surface area contributed by atoms with Crippen LogP contribution in [0.5, 0.6) is 5.75 Å². The van der Waals surface area contributed by atoms with Gasteiger partial charge in [0.1, 0.15) is 12.2 Å². The van der Waals surface area contributed by atoms with E-state index in [2.05, 4.69) is 20.6 Å². The van der Waals surface area contributed by atoms with Crippen LogP contribution in [-0.4, -0.2) is 37.7 Å². The van der Waals surface area contributed by atoms with Crippen molar-refractivity contribution in [3.63, 3.8) is 0 Å². The zero-order valence-electron chi connectivity index (χ0n) is 16.3. The Morgan fingerprint density at radius 2 is 1.76 bits per heavy atom. The summed E-state index contributed by atoms with van der Waals surface area (Å²) in [6.07, 6.45) is 1.88. The first-order chi connectivity index (χ1) is 14.0. The van der Waals surface area contributed by atoms with E-state index in [0.717, 1.165) is 12.0 Å². The average molecular weight is 397 g/mol. The van der Waals surface area contributed by atoms with Crippen molar-refractivity contribution in [2.75, 3.05) is 19.0 Å². The molecule has 2 rings (SSSR count). The minimum Gasteiger partial charge on any atom is -0.482 e. The third-order valence-corrected chi connectivity index (χ3v) is 3.86. The van der Waals surface area contributed by atoms with E-state index in [1.54, 1.807) is 30.3 Å². The van der Waals surface area contributed by atoms with Gasteiger partial charge in [-0.3, -0.25) is 9.59 Å². The number of esters is 1. The summed E-state index contributed by atoms with van der Waals surface area (Å²) in [5.74, 6) is -0.905. The number of benzene rings is 2. The van der Waals surface area contributed by atoms with E-state index in [1.165, 1.54) is 13.3 Å². The molecular weight excluding hydrogens is 374 g/mol. The highest BCUT2D eigenvalue weighted by molar-refractivity contribution is 6.04. The number of hydrogen-bond donors (Lipinski definition) is 2. The Morgan fingerprint density at radius 3 is 2.45 bits per heavy atom. The highest BCUT2D eigenvalue weighted by Crippen LogP contribution is 2.15. The second-order valence-electron chi connectivity index (χ2n) is 5.96. The average Bonchev–Trinajstić information content (AvgIpc) is 2.73. The molecule has 2 amide bonds. The Kier molecular flexibility index (Phi) is 8.37. The van der Waals surface area contributed by atoms with E-state index in [9.17, 15) is 14.4 Å². The molecule has 0 spiro atoms. The molecule has 8 heteroatoms. The first kappa shape index (κ1) is 21.6. The predicted octanol–water partition coefficient (Wildman–Crippen LogP) is 2.28. The molecule has 2 aromatic carbocycles. The van der Waals surface area contributed by atoms with Crippen LogP contribution >= 0.6 is 0 Å². The van der Waals surface area contributed by atoms with E-state index in [-0.39, 0.29) is 13.0 Å². The second kappa shape index (κ2) is 11.2. The maximum Gasteiger partial charge on any atom is 0.343 e. The number of carbonyl (C=O) groups excluding carboxylic acids is 3. The molecule has 0 radical (unpaired) electrons. The molecule has 0 aliphatic heterocycles. The van der Waals surface area contributed by atoms with Gasteiger partial charge in [0, 0.05) is 5.69 Å². The Morgan fingerprint density at radius 1 is 1.03 bits per heavy atom. The number of aryl methyl sites for hydroxylation is 1. The van der Waals surface area contributed by atoms with E-state index in [4.69, 9.17) is 4.74 Å². The summed E-state index contributed by atoms with van der Waals surface area (Å²) in [5.41, 5.74) is 4.72. The van der Waals surface area contributed by atoms with Crippen LogP contribution in [0.3, 0.4) is 0 Å². The van der Waals surface area contributed by atoms with Gasteiger partial charge in [-0.15, -0.1) is 0 Å². The van der Waals surface area contributed by atoms with Crippen LogP contribution in [0.4, 0.5) is 5.69 Å². The molecule has 0 atom stereocenters.